The van der Waals surface area contributed by atoms with Gasteiger partial charge in [0.1, 0.15) is 6.26 Å². The number of nitrogens with two attached hydrogens (primary N) is 1. The molecule has 10 nitrogen and oxygen atoms in total. The number of fused-ring (bicyclic) bond motifs is 1. The van der Waals surface area contributed by atoms with Gasteiger partial charge in [0.2, 0.25) is 0 Å². The van der Waals surface area contributed by atoms with E-state index in [2.05, 4.69) is 15.2 Å². The normalized spacial score (nSPS) is 21.5. The first-order valence-electron chi connectivity index (χ1n) is 11.1. The van der Waals surface area contributed by atoms with Gasteiger partial charge in [-0.15, -0.1) is 0 Å². The third kappa shape index (κ3) is 3.80. The Bertz CT molecular complexity index is 1150. The molecule has 5 heterocycles. The van der Waals surface area contributed by atoms with Crippen molar-refractivity contribution in [1.29, 1.82) is 0 Å². The molecule has 0 bridgehead atoms. The lowest BCUT2D eigenvalue weighted by atomic mass is 10.2. The second-order valence-electron chi connectivity index (χ2n) is 8.58. The van der Waals surface area contributed by atoms with Crippen LogP contribution in [0.4, 0.5) is 16.8 Å². The fourth-order valence-corrected chi connectivity index (χ4v) is 5.18. The Morgan fingerprint density at radius 2 is 1.97 bits per heavy atom. The number of anilines is 3. The molecular formula is C21H25N7O3S. The van der Waals surface area contributed by atoms with Gasteiger partial charge < -0.3 is 30.0 Å². The van der Waals surface area contributed by atoms with Crippen LogP contribution < -0.4 is 20.9 Å². The standard InChI is InChI=1S/C21H25N7O3S/c22-13-3-4-28(10-13)20-24-15(11-31-20)19(29)23-14-9-16-18(25-17(14)12-1-2-12)26-21(32-16)27-5-7-30-8-6-27/h9,11-13H,1-8,10,22H2,(H,23,29). The summed E-state index contributed by atoms with van der Waals surface area (Å²) in [4.78, 5) is 31.1. The van der Waals surface area contributed by atoms with Gasteiger partial charge in [-0.1, -0.05) is 11.3 Å². The zero-order valence-corrected chi connectivity index (χ0v) is 18.4. The predicted octanol–water partition coefficient (Wildman–Crippen LogP) is 2.18. The van der Waals surface area contributed by atoms with E-state index in [1.807, 2.05) is 11.0 Å². The molecule has 3 fully saturated rings. The zero-order valence-electron chi connectivity index (χ0n) is 17.6. The van der Waals surface area contributed by atoms with Gasteiger partial charge >= 0.3 is 0 Å². The number of nitrogens with one attached hydrogen (secondary N) is 1. The highest BCUT2D eigenvalue weighted by Crippen LogP contribution is 2.44. The molecule has 0 spiro atoms. The monoisotopic (exact) mass is 455 g/mol. The minimum atomic E-state index is -0.301. The molecule has 2 aliphatic heterocycles. The van der Waals surface area contributed by atoms with Crippen molar-refractivity contribution in [2.45, 2.75) is 31.2 Å². The molecular weight excluding hydrogens is 430 g/mol. The second kappa shape index (κ2) is 7.98. The van der Waals surface area contributed by atoms with Crippen LogP contribution in [0.5, 0.6) is 0 Å². The van der Waals surface area contributed by atoms with Crippen molar-refractivity contribution in [2.75, 3.05) is 54.5 Å². The number of thiazole rings is 1. The number of carbonyl (C=O) groups excluding carboxylic acids is 1. The van der Waals surface area contributed by atoms with Crippen LogP contribution in [-0.2, 0) is 4.74 Å². The average Bonchev–Trinajstić information content (AvgIpc) is 3.19. The van der Waals surface area contributed by atoms with Crippen LogP contribution in [0.3, 0.4) is 0 Å². The molecule has 1 atom stereocenters. The Labute approximate surface area is 188 Å². The van der Waals surface area contributed by atoms with Crippen LogP contribution >= 0.6 is 11.3 Å². The molecule has 1 amide bonds. The van der Waals surface area contributed by atoms with E-state index < -0.39 is 0 Å². The Morgan fingerprint density at radius 1 is 1.12 bits per heavy atom. The van der Waals surface area contributed by atoms with E-state index in [9.17, 15) is 4.79 Å². The van der Waals surface area contributed by atoms with Crippen molar-refractivity contribution in [2.24, 2.45) is 5.73 Å². The predicted molar refractivity (Wildman–Crippen MR) is 122 cm³/mol. The van der Waals surface area contributed by atoms with Gasteiger partial charge in [0.05, 0.1) is 29.3 Å². The maximum absolute atomic E-state index is 13.0. The molecule has 0 radical (unpaired) electrons. The topological polar surface area (TPSA) is 123 Å². The van der Waals surface area contributed by atoms with E-state index in [-0.39, 0.29) is 17.6 Å². The summed E-state index contributed by atoms with van der Waals surface area (Å²) in [5.74, 6) is 0.0617. The van der Waals surface area contributed by atoms with Crippen LogP contribution in [0.1, 0.15) is 41.4 Å². The van der Waals surface area contributed by atoms with Crippen LogP contribution in [0.15, 0.2) is 16.7 Å². The summed E-state index contributed by atoms with van der Waals surface area (Å²) < 4.78 is 11.9. The molecule has 11 heteroatoms. The summed E-state index contributed by atoms with van der Waals surface area (Å²) in [6.07, 6.45) is 4.44. The summed E-state index contributed by atoms with van der Waals surface area (Å²) in [5.41, 5.74) is 8.59. The summed E-state index contributed by atoms with van der Waals surface area (Å²) in [5, 5.41) is 3.97. The van der Waals surface area contributed by atoms with Crippen molar-refractivity contribution < 1.29 is 13.9 Å². The summed E-state index contributed by atoms with van der Waals surface area (Å²) in [7, 11) is 0. The van der Waals surface area contributed by atoms with Crippen molar-refractivity contribution in [3.05, 3.63) is 23.7 Å². The number of rotatable bonds is 5. The van der Waals surface area contributed by atoms with Crippen LogP contribution in [-0.4, -0.2) is 66.3 Å². The van der Waals surface area contributed by atoms with Crippen molar-refractivity contribution in [1.82, 2.24) is 15.0 Å². The molecule has 1 saturated carbocycles. The van der Waals surface area contributed by atoms with Gasteiger partial charge in [-0.25, -0.2) is 4.98 Å². The zero-order chi connectivity index (χ0) is 21.7. The number of hydrogen-bond acceptors (Lipinski definition) is 10. The fraction of sp³-hybridized carbons (Fsp3) is 0.524. The minimum Gasteiger partial charge on any atom is -0.431 e. The maximum atomic E-state index is 13.0. The second-order valence-corrected chi connectivity index (χ2v) is 9.59. The number of amides is 1. The van der Waals surface area contributed by atoms with Crippen LogP contribution in [0.25, 0.3) is 10.3 Å². The van der Waals surface area contributed by atoms with Crippen molar-refractivity contribution in [3.8, 4) is 0 Å². The lowest BCUT2D eigenvalue weighted by Gasteiger charge is -2.25. The first-order chi connectivity index (χ1) is 15.6. The summed E-state index contributed by atoms with van der Waals surface area (Å²) in [6.45, 7) is 4.55. The molecule has 3 aromatic heterocycles. The molecule has 6 rings (SSSR count). The average molecular weight is 456 g/mol. The van der Waals surface area contributed by atoms with Crippen molar-refractivity contribution >= 4 is 44.4 Å². The smallest absolute Gasteiger partial charge is 0.298 e. The van der Waals surface area contributed by atoms with E-state index in [0.717, 1.165) is 65.8 Å². The van der Waals surface area contributed by atoms with Gasteiger partial charge in [0.15, 0.2) is 16.5 Å². The third-order valence-corrected chi connectivity index (χ3v) is 7.17. The van der Waals surface area contributed by atoms with Gasteiger partial charge in [-0.05, 0) is 25.3 Å². The molecule has 3 N–H and O–H groups in total. The summed E-state index contributed by atoms with van der Waals surface area (Å²) in [6, 6.07) is 2.55. The van der Waals surface area contributed by atoms with E-state index in [1.165, 1.54) is 6.26 Å². The number of hydrogen-bond donors (Lipinski definition) is 2. The number of aromatic nitrogens is 3. The Kier molecular flexibility index (Phi) is 4.96. The third-order valence-electron chi connectivity index (χ3n) is 6.11. The van der Waals surface area contributed by atoms with Crippen LogP contribution in [0.2, 0.25) is 0 Å². The molecule has 2 saturated heterocycles. The minimum absolute atomic E-state index is 0.111. The quantitative estimate of drug-likeness (QED) is 0.596. The molecule has 32 heavy (non-hydrogen) atoms. The summed E-state index contributed by atoms with van der Waals surface area (Å²) >= 11 is 1.60. The number of oxazole rings is 1. The molecule has 3 aliphatic rings. The Balaban J connectivity index is 1.25. The molecule has 1 unspecified atom stereocenters. The number of ether oxygens (including phenoxy) is 1. The van der Waals surface area contributed by atoms with Gasteiger partial charge in [-0.2, -0.15) is 9.97 Å². The lowest BCUT2D eigenvalue weighted by Crippen LogP contribution is -2.36. The van der Waals surface area contributed by atoms with Gasteiger partial charge in [-0.3, -0.25) is 4.79 Å². The highest BCUT2D eigenvalue weighted by atomic mass is 32.1. The lowest BCUT2D eigenvalue weighted by molar-refractivity contribution is 0.102. The van der Waals surface area contributed by atoms with E-state index >= 15 is 0 Å². The number of pyridine rings is 1. The molecule has 168 valence electrons. The molecule has 1 aliphatic carbocycles. The largest absolute Gasteiger partial charge is 0.431 e. The van der Waals surface area contributed by atoms with E-state index in [1.54, 1.807) is 11.3 Å². The van der Waals surface area contributed by atoms with Crippen LogP contribution in [0, 0.1) is 0 Å². The Morgan fingerprint density at radius 3 is 2.72 bits per heavy atom. The molecule has 3 aromatic rings. The van der Waals surface area contributed by atoms with Crippen molar-refractivity contribution in [3.63, 3.8) is 0 Å². The Hall–Kier alpha value is -2.76. The number of nitrogens with zero attached hydrogens (tertiary/aromatic N) is 5. The molecule has 0 aromatic carbocycles. The maximum Gasteiger partial charge on any atom is 0.298 e. The first-order valence-corrected chi connectivity index (χ1v) is 11.9. The SMILES string of the molecule is NC1CCN(c2nc(C(=O)Nc3cc4sc(N5CCOCC5)nc4nc3C3CC3)co2)C1. The first kappa shape index (κ1) is 19.9. The van der Waals surface area contributed by atoms with E-state index in [4.69, 9.17) is 24.9 Å². The van der Waals surface area contributed by atoms with E-state index in [0.29, 0.717) is 31.7 Å². The highest BCUT2D eigenvalue weighted by Gasteiger charge is 2.30. The van der Waals surface area contributed by atoms with Gasteiger partial charge in [0.25, 0.3) is 11.9 Å². The number of carbonyl (C=O) groups is 1. The van der Waals surface area contributed by atoms with Gasteiger partial charge in [0, 0.05) is 38.1 Å². The highest BCUT2D eigenvalue weighted by molar-refractivity contribution is 7.22. The fourth-order valence-electron chi connectivity index (χ4n) is 4.19. The number of morpholine rings is 1.